The van der Waals surface area contributed by atoms with E-state index in [-0.39, 0.29) is 50.8 Å². The van der Waals surface area contributed by atoms with Crippen molar-refractivity contribution in [1.29, 1.82) is 0 Å². The fraction of sp³-hybridized carbons (Fsp3) is 0.485. The van der Waals surface area contributed by atoms with E-state index in [0.717, 1.165) is 36.8 Å². The SMILES string of the molecule is CCCC[C@H](CC)CC(=O)N[C@H](CCC(=O)NCC(=O)N[C@H](C)C(=O)OCc1ccccc1)C(=O)OCc1ccccc1. The Morgan fingerprint density at radius 1 is 0.721 bits per heavy atom. The molecule has 3 N–H and O–H groups in total. The van der Waals surface area contributed by atoms with E-state index in [4.69, 9.17) is 9.47 Å². The molecular weight excluding hydrogens is 550 g/mol. The van der Waals surface area contributed by atoms with E-state index in [0.29, 0.717) is 0 Å². The lowest BCUT2D eigenvalue weighted by molar-refractivity contribution is -0.149. The second kappa shape index (κ2) is 19.8. The van der Waals surface area contributed by atoms with Gasteiger partial charge in [0, 0.05) is 12.8 Å². The lowest BCUT2D eigenvalue weighted by atomic mass is 9.95. The number of benzene rings is 2. The second-order valence-electron chi connectivity index (χ2n) is 10.5. The highest BCUT2D eigenvalue weighted by molar-refractivity contribution is 5.89. The molecule has 0 aliphatic heterocycles. The molecule has 0 fully saturated rings. The number of hydrogen-bond donors (Lipinski definition) is 3. The minimum Gasteiger partial charge on any atom is -0.459 e. The Balaban J connectivity index is 1.84. The van der Waals surface area contributed by atoms with Crippen LogP contribution in [-0.2, 0) is 46.7 Å². The molecule has 43 heavy (non-hydrogen) atoms. The number of carbonyl (C=O) groups excluding carboxylic acids is 5. The van der Waals surface area contributed by atoms with Crippen molar-refractivity contribution in [2.45, 2.75) is 91.0 Å². The molecule has 234 valence electrons. The predicted octanol–water partition coefficient (Wildman–Crippen LogP) is 3.97. The number of carbonyl (C=O) groups is 5. The van der Waals surface area contributed by atoms with Crippen molar-refractivity contribution in [1.82, 2.24) is 16.0 Å². The number of rotatable bonds is 19. The van der Waals surface area contributed by atoms with Gasteiger partial charge in [0.2, 0.25) is 17.7 Å². The molecule has 0 saturated carbocycles. The number of nitrogens with one attached hydrogen (secondary N) is 3. The van der Waals surface area contributed by atoms with Crippen molar-refractivity contribution in [2.75, 3.05) is 6.54 Å². The van der Waals surface area contributed by atoms with Crippen molar-refractivity contribution in [2.24, 2.45) is 5.92 Å². The Bertz CT molecular complexity index is 1160. The summed E-state index contributed by atoms with van der Waals surface area (Å²) in [4.78, 5) is 62.7. The van der Waals surface area contributed by atoms with Crippen LogP contribution in [-0.4, -0.2) is 48.3 Å². The monoisotopic (exact) mass is 595 g/mol. The molecule has 3 atom stereocenters. The van der Waals surface area contributed by atoms with Crippen LogP contribution in [0.5, 0.6) is 0 Å². The minimum atomic E-state index is -1.01. The first kappa shape index (κ1) is 35.0. The maximum absolute atomic E-state index is 12.9. The van der Waals surface area contributed by atoms with E-state index in [9.17, 15) is 24.0 Å². The third-order valence-electron chi connectivity index (χ3n) is 6.92. The van der Waals surface area contributed by atoms with E-state index in [1.807, 2.05) is 67.6 Å². The van der Waals surface area contributed by atoms with Crippen LogP contribution in [0, 0.1) is 5.92 Å². The molecule has 0 aliphatic rings. The third-order valence-corrected chi connectivity index (χ3v) is 6.92. The van der Waals surface area contributed by atoms with E-state index >= 15 is 0 Å². The van der Waals surface area contributed by atoms with Gasteiger partial charge in [0.25, 0.3) is 0 Å². The molecule has 2 aromatic rings. The Labute approximate surface area is 254 Å². The normalized spacial score (nSPS) is 12.7. The Morgan fingerprint density at radius 3 is 1.86 bits per heavy atom. The first-order valence-electron chi connectivity index (χ1n) is 15.0. The van der Waals surface area contributed by atoms with Crippen LogP contribution in [0.1, 0.15) is 76.8 Å². The van der Waals surface area contributed by atoms with E-state index < -0.39 is 35.8 Å². The molecule has 10 heteroatoms. The van der Waals surface area contributed by atoms with Gasteiger partial charge in [0.05, 0.1) is 6.54 Å². The fourth-order valence-electron chi connectivity index (χ4n) is 4.28. The van der Waals surface area contributed by atoms with E-state index in [1.54, 1.807) is 0 Å². The molecule has 0 bridgehead atoms. The van der Waals surface area contributed by atoms with Crippen LogP contribution in [0.15, 0.2) is 60.7 Å². The highest BCUT2D eigenvalue weighted by atomic mass is 16.5. The van der Waals surface area contributed by atoms with Gasteiger partial charge in [-0.2, -0.15) is 0 Å². The van der Waals surface area contributed by atoms with Crippen LogP contribution < -0.4 is 16.0 Å². The maximum Gasteiger partial charge on any atom is 0.328 e. The molecule has 3 amide bonds. The summed E-state index contributed by atoms with van der Waals surface area (Å²) in [6.07, 6.45) is 4.01. The molecule has 0 heterocycles. The fourth-order valence-corrected chi connectivity index (χ4v) is 4.28. The van der Waals surface area contributed by atoms with Crippen molar-refractivity contribution in [3.8, 4) is 0 Å². The maximum atomic E-state index is 12.9. The van der Waals surface area contributed by atoms with Crippen LogP contribution in [0.3, 0.4) is 0 Å². The van der Waals surface area contributed by atoms with Crippen LogP contribution >= 0.6 is 0 Å². The number of amides is 3. The highest BCUT2D eigenvalue weighted by Gasteiger charge is 2.25. The Kier molecular flexibility index (Phi) is 16.1. The zero-order valence-electron chi connectivity index (χ0n) is 25.4. The van der Waals surface area contributed by atoms with Crippen LogP contribution in [0.25, 0.3) is 0 Å². The summed E-state index contributed by atoms with van der Waals surface area (Å²) in [5, 5.41) is 7.73. The quantitative estimate of drug-likeness (QED) is 0.209. The summed E-state index contributed by atoms with van der Waals surface area (Å²) < 4.78 is 10.7. The number of ether oxygens (including phenoxy) is 2. The molecule has 0 spiro atoms. The van der Waals surface area contributed by atoms with Crippen LogP contribution in [0.2, 0.25) is 0 Å². The summed E-state index contributed by atoms with van der Waals surface area (Å²) in [7, 11) is 0. The first-order valence-corrected chi connectivity index (χ1v) is 15.0. The summed E-state index contributed by atoms with van der Waals surface area (Å²) in [6.45, 7) is 5.39. The van der Waals surface area contributed by atoms with Crippen molar-refractivity contribution in [3.05, 3.63) is 71.8 Å². The lowest BCUT2D eigenvalue weighted by Gasteiger charge is -2.20. The molecule has 2 aromatic carbocycles. The zero-order valence-corrected chi connectivity index (χ0v) is 25.4. The predicted molar refractivity (Wildman–Crippen MR) is 162 cm³/mol. The smallest absolute Gasteiger partial charge is 0.328 e. The Hall–Kier alpha value is -4.21. The lowest BCUT2D eigenvalue weighted by Crippen LogP contribution is -2.45. The van der Waals surface area contributed by atoms with Gasteiger partial charge in [-0.15, -0.1) is 0 Å². The molecule has 0 aliphatic carbocycles. The van der Waals surface area contributed by atoms with E-state index in [2.05, 4.69) is 22.9 Å². The highest BCUT2D eigenvalue weighted by Crippen LogP contribution is 2.17. The van der Waals surface area contributed by atoms with Gasteiger partial charge >= 0.3 is 11.9 Å². The Morgan fingerprint density at radius 2 is 1.30 bits per heavy atom. The standard InChI is InChI=1S/C33H45N3O7/c1-4-6-13-25(5-2)20-30(38)36-28(33(41)43-23-27-16-11-8-12-17-27)18-19-29(37)34-21-31(39)35-24(3)32(40)42-22-26-14-9-7-10-15-26/h7-12,14-17,24-25,28H,4-6,13,18-23H2,1-3H3,(H,34,37)(H,35,39)(H,36,38)/t24-,25+,28-/m1/s1. The average Bonchev–Trinajstić information content (AvgIpc) is 3.02. The van der Waals surface area contributed by atoms with Gasteiger partial charge in [0.1, 0.15) is 25.3 Å². The number of unbranched alkanes of at least 4 members (excludes halogenated alkanes) is 1. The zero-order chi connectivity index (χ0) is 31.5. The average molecular weight is 596 g/mol. The van der Waals surface area contributed by atoms with Crippen molar-refractivity contribution < 1.29 is 33.4 Å². The molecule has 0 radical (unpaired) electrons. The molecule has 0 saturated heterocycles. The number of hydrogen-bond acceptors (Lipinski definition) is 7. The van der Waals surface area contributed by atoms with Crippen molar-refractivity contribution >= 4 is 29.7 Å². The van der Waals surface area contributed by atoms with Gasteiger partial charge in [-0.1, -0.05) is 93.8 Å². The third kappa shape index (κ3) is 14.5. The number of esters is 2. The summed E-state index contributed by atoms with van der Waals surface area (Å²) in [6, 6.07) is 16.4. The van der Waals surface area contributed by atoms with E-state index in [1.165, 1.54) is 6.92 Å². The van der Waals surface area contributed by atoms with Crippen LogP contribution in [0.4, 0.5) is 0 Å². The van der Waals surface area contributed by atoms with Gasteiger partial charge in [0.15, 0.2) is 0 Å². The molecule has 2 rings (SSSR count). The van der Waals surface area contributed by atoms with Gasteiger partial charge in [-0.25, -0.2) is 9.59 Å². The van der Waals surface area contributed by atoms with Gasteiger partial charge in [-0.05, 0) is 36.8 Å². The summed E-state index contributed by atoms with van der Waals surface area (Å²) in [5.41, 5.74) is 1.62. The largest absolute Gasteiger partial charge is 0.459 e. The van der Waals surface area contributed by atoms with Gasteiger partial charge < -0.3 is 25.4 Å². The van der Waals surface area contributed by atoms with Crippen molar-refractivity contribution in [3.63, 3.8) is 0 Å². The van der Waals surface area contributed by atoms with Gasteiger partial charge in [-0.3, -0.25) is 14.4 Å². The first-order chi connectivity index (χ1) is 20.7. The molecule has 0 aromatic heterocycles. The molecule has 10 nitrogen and oxygen atoms in total. The molecular formula is C33H45N3O7. The molecule has 0 unspecified atom stereocenters. The second-order valence-corrected chi connectivity index (χ2v) is 10.5. The summed E-state index contributed by atoms with van der Waals surface area (Å²) >= 11 is 0. The minimum absolute atomic E-state index is 0.000776. The topological polar surface area (TPSA) is 140 Å². The summed E-state index contributed by atoms with van der Waals surface area (Å²) in [5.74, 6) is -2.34.